The van der Waals surface area contributed by atoms with E-state index >= 15 is 0 Å². The molecular formula is C9H13NO3. The minimum Gasteiger partial charge on any atom is -0.394 e. The molecule has 0 amide bonds. The summed E-state index contributed by atoms with van der Waals surface area (Å²) in [5.74, 6) is -0.683. The van der Waals surface area contributed by atoms with Gasteiger partial charge in [-0.2, -0.15) is 5.26 Å². The van der Waals surface area contributed by atoms with Crippen molar-refractivity contribution >= 4 is 0 Å². The first-order valence-corrected chi connectivity index (χ1v) is 4.12. The summed E-state index contributed by atoms with van der Waals surface area (Å²) < 4.78 is 10.8. The van der Waals surface area contributed by atoms with Crippen molar-refractivity contribution in [1.29, 1.82) is 5.26 Å². The van der Waals surface area contributed by atoms with E-state index in [1.165, 1.54) is 6.08 Å². The Morgan fingerprint density at radius 1 is 1.54 bits per heavy atom. The van der Waals surface area contributed by atoms with Gasteiger partial charge in [0.25, 0.3) is 0 Å². The van der Waals surface area contributed by atoms with Crippen LogP contribution in [0.4, 0.5) is 0 Å². The van der Waals surface area contributed by atoms with Gasteiger partial charge < -0.3 is 14.6 Å². The monoisotopic (exact) mass is 183 g/mol. The third-order valence-corrected chi connectivity index (χ3v) is 1.76. The smallest absolute Gasteiger partial charge is 0.164 e. The molecule has 1 aliphatic heterocycles. The lowest BCUT2D eigenvalue weighted by atomic mass is 10.2. The first-order chi connectivity index (χ1) is 6.09. The lowest BCUT2D eigenvalue weighted by molar-refractivity contribution is -0.146. The van der Waals surface area contributed by atoms with Gasteiger partial charge in [0.15, 0.2) is 5.79 Å². The van der Waals surface area contributed by atoms with Crippen LogP contribution in [0, 0.1) is 11.3 Å². The zero-order valence-corrected chi connectivity index (χ0v) is 7.73. The summed E-state index contributed by atoms with van der Waals surface area (Å²) in [4.78, 5) is 0. The van der Waals surface area contributed by atoms with E-state index in [1.54, 1.807) is 19.9 Å². The molecule has 1 N–H and O–H groups in total. The SMILES string of the molecule is CC1(C)O[C@@H](/C=C/C#N)[C@H](CO)O1. The van der Waals surface area contributed by atoms with E-state index in [0.717, 1.165) is 0 Å². The summed E-state index contributed by atoms with van der Waals surface area (Å²) >= 11 is 0. The molecule has 4 nitrogen and oxygen atoms in total. The Kier molecular flexibility index (Phi) is 3.04. The molecule has 1 saturated heterocycles. The highest BCUT2D eigenvalue weighted by molar-refractivity contribution is 5.07. The normalized spacial score (nSPS) is 32.2. The molecule has 0 spiro atoms. The molecule has 1 aliphatic rings. The van der Waals surface area contributed by atoms with Crippen LogP contribution in [0.3, 0.4) is 0 Å². The summed E-state index contributed by atoms with van der Waals surface area (Å²) in [5, 5.41) is 17.3. The fraction of sp³-hybridized carbons (Fsp3) is 0.667. The molecule has 4 heteroatoms. The third kappa shape index (κ3) is 2.52. The Hall–Kier alpha value is -0.890. The molecular weight excluding hydrogens is 170 g/mol. The fourth-order valence-electron chi connectivity index (χ4n) is 1.31. The van der Waals surface area contributed by atoms with Crippen LogP contribution >= 0.6 is 0 Å². The Morgan fingerprint density at radius 3 is 2.77 bits per heavy atom. The zero-order chi connectivity index (χ0) is 9.90. The van der Waals surface area contributed by atoms with Crippen molar-refractivity contribution in [3.63, 3.8) is 0 Å². The maximum absolute atomic E-state index is 8.95. The van der Waals surface area contributed by atoms with Crippen LogP contribution in [0.1, 0.15) is 13.8 Å². The van der Waals surface area contributed by atoms with Crippen molar-refractivity contribution in [3.05, 3.63) is 12.2 Å². The standard InChI is InChI=1S/C9H13NO3/c1-9(2)12-7(4-3-5-10)8(6-11)13-9/h3-4,7-8,11H,6H2,1-2H3/b4-3+/t7-,8-/m0/s1. The van der Waals surface area contributed by atoms with Gasteiger partial charge in [0, 0.05) is 6.08 Å². The molecule has 72 valence electrons. The van der Waals surface area contributed by atoms with Gasteiger partial charge in [0.1, 0.15) is 12.2 Å². The van der Waals surface area contributed by atoms with Crippen molar-refractivity contribution in [1.82, 2.24) is 0 Å². The second-order valence-corrected chi connectivity index (χ2v) is 3.31. The molecule has 0 unspecified atom stereocenters. The first kappa shape index (κ1) is 10.2. The number of nitriles is 1. The Labute approximate surface area is 77.4 Å². The van der Waals surface area contributed by atoms with Gasteiger partial charge in [-0.1, -0.05) is 0 Å². The number of ether oxygens (including phenoxy) is 2. The highest BCUT2D eigenvalue weighted by Gasteiger charge is 2.39. The lowest BCUT2D eigenvalue weighted by Crippen LogP contribution is -2.24. The molecule has 0 aromatic rings. The molecule has 0 saturated carbocycles. The predicted molar refractivity (Wildman–Crippen MR) is 45.7 cm³/mol. The second kappa shape index (κ2) is 3.88. The summed E-state index contributed by atoms with van der Waals surface area (Å²) in [6, 6.07) is 1.87. The van der Waals surface area contributed by atoms with Gasteiger partial charge in [0.05, 0.1) is 12.7 Å². The van der Waals surface area contributed by atoms with Gasteiger partial charge in [-0.15, -0.1) is 0 Å². The molecule has 0 aliphatic carbocycles. The number of rotatable bonds is 2. The average molecular weight is 183 g/mol. The van der Waals surface area contributed by atoms with Crippen molar-refractivity contribution in [2.45, 2.75) is 31.8 Å². The third-order valence-electron chi connectivity index (χ3n) is 1.76. The second-order valence-electron chi connectivity index (χ2n) is 3.31. The number of aliphatic hydroxyl groups is 1. The average Bonchev–Trinajstić information content (AvgIpc) is 2.37. The number of nitrogens with zero attached hydrogens (tertiary/aromatic N) is 1. The predicted octanol–water partition coefficient (Wildman–Crippen LogP) is 0.579. The Balaban J connectivity index is 2.65. The van der Waals surface area contributed by atoms with Crippen LogP contribution in [0.25, 0.3) is 0 Å². The summed E-state index contributed by atoms with van der Waals surface area (Å²) in [6.07, 6.45) is 2.22. The van der Waals surface area contributed by atoms with Gasteiger partial charge in [-0.05, 0) is 19.9 Å². The van der Waals surface area contributed by atoms with Crippen LogP contribution in [-0.4, -0.2) is 29.7 Å². The maximum Gasteiger partial charge on any atom is 0.164 e. The number of hydrogen-bond acceptors (Lipinski definition) is 4. The summed E-state index contributed by atoms with van der Waals surface area (Å²) in [6.45, 7) is 3.44. The van der Waals surface area contributed by atoms with Crippen LogP contribution in [-0.2, 0) is 9.47 Å². The molecule has 1 fully saturated rings. The molecule has 0 bridgehead atoms. The van der Waals surface area contributed by atoms with Crippen molar-refractivity contribution < 1.29 is 14.6 Å². The Bertz CT molecular complexity index is 242. The van der Waals surface area contributed by atoms with E-state index in [0.29, 0.717) is 0 Å². The zero-order valence-electron chi connectivity index (χ0n) is 7.73. The van der Waals surface area contributed by atoms with Gasteiger partial charge in [-0.3, -0.25) is 0 Å². The van der Waals surface area contributed by atoms with Crippen LogP contribution < -0.4 is 0 Å². The van der Waals surface area contributed by atoms with Gasteiger partial charge >= 0.3 is 0 Å². The van der Waals surface area contributed by atoms with Crippen molar-refractivity contribution in [2.75, 3.05) is 6.61 Å². The summed E-state index contributed by atoms with van der Waals surface area (Å²) in [5.41, 5.74) is 0. The molecule has 1 rings (SSSR count). The molecule has 13 heavy (non-hydrogen) atoms. The molecule has 0 aromatic heterocycles. The maximum atomic E-state index is 8.95. The highest BCUT2D eigenvalue weighted by atomic mass is 16.8. The largest absolute Gasteiger partial charge is 0.394 e. The van der Waals surface area contributed by atoms with Crippen molar-refractivity contribution in [3.8, 4) is 6.07 Å². The van der Waals surface area contributed by atoms with Crippen molar-refractivity contribution in [2.24, 2.45) is 0 Å². The molecule has 2 atom stereocenters. The minimum absolute atomic E-state index is 0.107. The van der Waals surface area contributed by atoms with E-state index in [4.69, 9.17) is 19.8 Å². The number of aliphatic hydroxyl groups excluding tert-OH is 1. The topological polar surface area (TPSA) is 62.5 Å². The minimum atomic E-state index is -0.683. The van der Waals surface area contributed by atoms with E-state index in [-0.39, 0.29) is 18.8 Å². The Morgan fingerprint density at radius 2 is 2.23 bits per heavy atom. The van der Waals surface area contributed by atoms with Crippen LogP contribution in [0.2, 0.25) is 0 Å². The molecule has 0 radical (unpaired) electrons. The lowest BCUT2D eigenvalue weighted by Gasteiger charge is -2.15. The number of hydrogen-bond donors (Lipinski definition) is 1. The van der Waals surface area contributed by atoms with E-state index in [2.05, 4.69) is 0 Å². The number of allylic oxidation sites excluding steroid dienone is 1. The van der Waals surface area contributed by atoms with E-state index in [1.807, 2.05) is 6.07 Å². The molecule has 0 aromatic carbocycles. The van der Waals surface area contributed by atoms with Crippen LogP contribution in [0.5, 0.6) is 0 Å². The van der Waals surface area contributed by atoms with E-state index < -0.39 is 5.79 Å². The van der Waals surface area contributed by atoms with Gasteiger partial charge in [-0.25, -0.2) is 0 Å². The summed E-state index contributed by atoms with van der Waals surface area (Å²) in [7, 11) is 0. The first-order valence-electron chi connectivity index (χ1n) is 4.12. The molecule has 1 heterocycles. The van der Waals surface area contributed by atoms with Crippen LogP contribution in [0.15, 0.2) is 12.2 Å². The highest BCUT2D eigenvalue weighted by Crippen LogP contribution is 2.28. The van der Waals surface area contributed by atoms with Gasteiger partial charge in [0.2, 0.25) is 0 Å². The fourth-order valence-corrected chi connectivity index (χ4v) is 1.31. The quantitative estimate of drug-likeness (QED) is 0.636. The van der Waals surface area contributed by atoms with E-state index in [9.17, 15) is 0 Å².